The number of nitrogens with one attached hydrogen (secondary N) is 1. The molecule has 0 spiro atoms. The molecule has 2 aromatic carbocycles. The van der Waals surface area contributed by atoms with Crippen LogP contribution in [0.15, 0.2) is 53.3 Å². The number of aliphatic hydroxyl groups is 3. The molecule has 1 saturated heterocycles. The number of hydrogen-bond donors (Lipinski definition) is 6. The molecular formula is C32H36N4O7. The quantitative estimate of drug-likeness (QED) is 0.277. The number of ketones is 2. The number of primary amides is 1. The smallest absolute Gasteiger partial charge is 0.255 e. The van der Waals surface area contributed by atoms with Crippen LogP contribution in [0.4, 0.5) is 0 Å². The fraction of sp³-hybridized carbons (Fsp3) is 0.406. The second-order valence-corrected chi connectivity index (χ2v) is 12.2. The van der Waals surface area contributed by atoms with Crippen LogP contribution in [0.1, 0.15) is 23.1 Å². The molecule has 0 bridgehead atoms. The molecule has 6 rings (SSSR count). The van der Waals surface area contributed by atoms with Gasteiger partial charge < -0.3 is 31.5 Å². The van der Waals surface area contributed by atoms with Gasteiger partial charge in [0.2, 0.25) is 5.78 Å². The second-order valence-electron chi connectivity index (χ2n) is 12.2. The van der Waals surface area contributed by atoms with E-state index in [1.807, 2.05) is 12.1 Å². The number of carbonyl (C=O) groups excluding carboxylic acids is 3. The first kappa shape index (κ1) is 29.1. The molecule has 0 radical (unpaired) electrons. The van der Waals surface area contributed by atoms with Gasteiger partial charge in [-0.05, 0) is 61.2 Å². The number of fused-ring (bicyclic) bond motifs is 3. The number of Topliss-reactive ketones (excluding diaryl/α,β-unsaturated/α-hetero) is 2. The highest BCUT2D eigenvalue weighted by atomic mass is 16.3. The molecule has 0 aromatic heterocycles. The molecule has 11 nitrogen and oxygen atoms in total. The fourth-order valence-electron chi connectivity index (χ4n) is 7.43. The number of carbonyl (C=O) groups is 3. The summed E-state index contributed by atoms with van der Waals surface area (Å²) < 4.78 is 0. The molecule has 43 heavy (non-hydrogen) atoms. The van der Waals surface area contributed by atoms with Gasteiger partial charge in [-0.1, -0.05) is 30.3 Å². The highest BCUT2D eigenvalue weighted by Gasteiger charge is 2.64. The molecule has 226 valence electrons. The Balaban J connectivity index is 1.42. The normalized spacial score (nSPS) is 27.7. The van der Waals surface area contributed by atoms with E-state index in [-0.39, 0.29) is 29.7 Å². The van der Waals surface area contributed by atoms with Crippen molar-refractivity contribution in [2.75, 3.05) is 40.3 Å². The number of phenols is 1. The Morgan fingerprint density at radius 3 is 2.37 bits per heavy atom. The Hall–Kier alpha value is -4.03. The van der Waals surface area contributed by atoms with Crippen LogP contribution in [-0.4, -0.2) is 99.6 Å². The molecule has 2 fully saturated rings. The van der Waals surface area contributed by atoms with E-state index in [1.54, 1.807) is 20.2 Å². The Morgan fingerprint density at radius 1 is 1.07 bits per heavy atom. The lowest BCUT2D eigenvalue weighted by Gasteiger charge is -2.50. The number of aliphatic hydroxyl groups excluding tert-OH is 2. The first-order valence-electron chi connectivity index (χ1n) is 14.5. The number of aromatic hydroxyl groups is 1. The minimum Gasteiger partial charge on any atom is -0.508 e. The van der Waals surface area contributed by atoms with E-state index in [9.17, 15) is 34.8 Å². The Bertz CT molecular complexity index is 1590. The molecule has 1 saturated carbocycles. The van der Waals surface area contributed by atoms with Crippen LogP contribution in [-0.2, 0) is 27.3 Å². The van der Waals surface area contributed by atoms with Crippen molar-refractivity contribution < 1.29 is 34.8 Å². The second kappa shape index (κ2) is 10.6. The monoisotopic (exact) mass is 588 g/mol. The van der Waals surface area contributed by atoms with Gasteiger partial charge >= 0.3 is 0 Å². The summed E-state index contributed by atoms with van der Waals surface area (Å²) >= 11 is 0. The summed E-state index contributed by atoms with van der Waals surface area (Å²) in [6.45, 7) is 4.72. The molecule has 11 heteroatoms. The summed E-state index contributed by atoms with van der Waals surface area (Å²) in [6, 6.07) is 10.2. The zero-order chi connectivity index (χ0) is 30.8. The number of phenolic OH excluding ortho intramolecular Hbond substituents is 1. The van der Waals surface area contributed by atoms with E-state index in [4.69, 9.17) is 5.73 Å². The Kier molecular flexibility index (Phi) is 7.16. The van der Waals surface area contributed by atoms with E-state index >= 15 is 0 Å². The number of amides is 1. The highest BCUT2D eigenvalue weighted by molar-refractivity contribution is 6.24. The Morgan fingerprint density at radius 2 is 1.74 bits per heavy atom. The number of nitrogens with zero attached hydrogens (tertiary/aromatic N) is 2. The summed E-state index contributed by atoms with van der Waals surface area (Å²) in [5.41, 5.74) is 5.29. The van der Waals surface area contributed by atoms with Gasteiger partial charge in [0, 0.05) is 44.2 Å². The molecule has 1 aliphatic heterocycles. The van der Waals surface area contributed by atoms with E-state index in [0.717, 1.165) is 43.9 Å². The zero-order valence-electron chi connectivity index (χ0n) is 24.1. The standard InChI is InChI=1S/C32H36N4O7/c1-35(2)26-21-14-18-13-20-19(17-5-3-16(4-6-17)15-36-11-9-34-10-12-36)7-8-22(37)24(20)27(38)23(18)29(40)32(21,43)30(41)25(28(26)39)31(33)42/h3-8,18,21,26,34,37-38,41,43H,9-15H2,1-2H3,(H2,33,42)/t18-,21-,26-,32-/m0/s1. The van der Waals surface area contributed by atoms with Crippen LogP contribution in [0.5, 0.6) is 5.75 Å². The topological polar surface area (TPSA) is 177 Å². The SMILES string of the molecule is CN(C)[C@@H]1C(=O)C(C(N)=O)=C(O)[C@@]2(O)C(=O)C3=C(O)c4c(O)ccc(-c5ccc(CN6CCNCC6)cc5)c4C[C@H]3C[C@@H]12. The first-order chi connectivity index (χ1) is 20.4. The molecule has 0 unspecified atom stereocenters. The van der Waals surface area contributed by atoms with Crippen molar-refractivity contribution in [2.45, 2.75) is 31.0 Å². The van der Waals surface area contributed by atoms with Gasteiger partial charge in [-0.25, -0.2) is 0 Å². The third-order valence-corrected chi connectivity index (χ3v) is 9.48. The average Bonchev–Trinajstić information content (AvgIpc) is 2.96. The molecular weight excluding hydrogens is 552 g/mol. The van der Waals surface area contributed by atoms with Gasteiger partial charge in [0.25, 0.3) is 5.91 Å². The molecule has 4 atom stereocenters. The maximum atomic E-state index is 14.0. The summed E-state index contributed by atoms with van der Waals surface area (Å²) in [5.74, 6) is -6.62. The van der Waals surface area contributed by atoms with Crippen molar-refractivity contribution in [1.82, 2.24) is 15.1 Å². The van der Waals surface area contributed by atoms with E-state index < -0.39 is 58.0 Å². The van der Waals surface area contributed by atoms with E-state index in [2.05, 4.69) is 22.3 Å². The van der Waals surface area contributed by atoms with Crippen molar-refractivity contribution in [2.24, 2.45) is 17.6 Å². The highest BCUT2D eigenvalue weighted by Crippen LogP contribution is 2.53. The van der Waals surface area contributed by atoms with Gasteiger partial charge in [0.05, 0.1) is 11.6 Å². The number of likely N-dealkylation sites (N-methyl/N-ethyl adjacent to an activating group) is 1. The van der Waals surface area contributed by atoms with E-state index in [0.29, 0.717) is 5.56 Å². The van der Waals surface area contributed by atoms with Gasteiger partial charge in [-0.15, -0.1) is 0 Å². The summed E-state index contributed by atoms with van der Waals surface area (Å²) in [5, 5.41) is 48.5. The van der Waals surface area contributed by atoms with Gasteiger partial charge in [0.1, 0.15) is 22.8 Å². The molecule has 2 aromatic rings. The van der Waals surface area contributed by atoms with Crippen LogP contribution >= 0.6 is 0 Å². The van der Waals surface area contributed by atoms with Gasteiger partial charge in [-0.3, -0.25) is 24.2 Å². The summed E-state index contributed by atoms with van der Waals surface area (Å²) in [4.78, 5) is 43.4. The number of rotatable bonds is 5. The predicted molar refractivity (Wildman–Crippen MR) is 158 cm³/mol. The summed E-state index contributed by atoms with van der Waals surface area (Å²) in [7, 11) is 3.16. The summed E-state index contributed by atoms with van der Waals surface area (Å²) in [6.07, 6.45) is 0.283. The molecule has 3 aliphatic carbocycles. The van der Waals surface area contributed by atoms with Gasteiger partial charge in [-0.2, -0.15) is 0 Å². The van der Waals surface area contributed by atoms with Crippen LogP contribution < -0.4 is 11.1 Å². The predicted octanol–water partition coefficient (Wildman–Crippen LogP) is 1.04. The lowest BCUT2D eigenvalue weighted by Crippen LogP contribution is -2.65. The molecule has 1 heterocycles. The van der Waals surface area contributed by atoms with Crippen molar-refractivity contribution >= 4 is 23.2 Å². The molecule has 4 aliphatic rings. The third-order valence-electron chi connectivity index (χ3n) is 9.48. The largest absolute Gasteiger partial charge is 0.508 e. The zero-order valence-corrected chi connectivity index (χ0v) is 24.1. The Labute approximate surface area is 248 Å². The number of piperazine rings is 1. The van der Waals surface area contributed by atoms with E-state index in [1.165, 1.54) is 16.5 Å². The number of benzene rings is 2. The maximum absolute atomic E-state index is 14.0. The van der Waals surface area contributed by atoms with Crippen LogP contribution in [0, 0.1) is 11.8 Å². The molecule has 1 amide bonds. The average molecular weight is 589 g/mol. The fourth-order valence-corrected chi connectivity index (χ4v) is 7.43. The minimum absolute atomic E-state index is 0.0461. The number of hydrogen-bond acceptors (Lipinski definition) is 10. The maximum Gasteiger partial charge on any atom is 0.255 e. The van der Waals surface area contributed by atoms with Crippen molar-refractivity contribution in [1.29, 1.82) is 0 Å². The van der Waals surface area contributed by atoms with Crippen LogP contribution in [0.25, 0.3) is 16.9 Å². The van der Waals surface area contributed by atoms with Gasteiger partial charge in [0.15, 0.2) is 11.4 Å². The van der Waals surface area contributed by atoms with Crippen molar-refractivity contribution in [3.05, 3.63) is 70.0 Å². The first-order valence-corrected chi connectivity index (χ1v) is 14.5. The van der Waals surface area contributed by atoms with Crippen LogP contribution in [0.3, 0.4) is 0 Å². The minimum atomic E-state index is -2.65. The van der Waals surface area contributed by atoms with Crippen LogP contribution in [0.2, 0.25) is 0 Å². The van der Waals surface area contributed by atoms with Crippen molar-refractivity contribution in [3.63, 3.8) is 0 Å². The third kappa shape index (κ3) is 4.46. The lowest BCUT2D eigenvalue weighted by molar-refractivity contribution is -0.153. The van der Waals surface area contributed by atoms with Crippen molar-refractivity contribution in [3.8, 4) is 16.9 Å². The number of nitrogens with two attached hydrogens (primary N) is 1. The lowest BCUT2D eigenvalue weighted by atomic mass is 9.57. The molecule has 7 N–H and O–H groups in total.